The van der Waals surface area contributed by atoms with Gasteiger partial charge in [-0.2, -0.15) is 0 Å². The number of hydrogen-bond acceptors (Lipinski definition) is 5. The first-order valence-corrected chi connectivity index (χ1v) is 6.07. The maximum absolute atomic E-state index is 12.4. The van der Waals surface area contributed by atoms with Gasteiger partial charge in [-0.15, -0.1) is 0 Å². The fourth-order valence-electron chi connectivity index (χ4n) is 2.61. The van der Waals surface area contributed by atoms with E-state index in [0.717, 1.165) is 0 Å². The number of nitrogens with zero attached hydrogens (tertiary/aromatic N) is 1. The number of amides is 1. The van der Waals surface area contributed by atoms with Crippen LogP contribution in [0.25, 0.3) is 0 Å². The minimum absolute atomic E-state index is 0.0142. The summed E-state index contributed by atoms with van der Waals surface area (Å²) in [7, 11) is 1.43. The van der Waals surface area contributed by atoms with E-state index in [0.29, 0.717) is 24.2 Å². The Morgan fingerprint density at radius 2 is 2.21 bits per heavy atom. The lowest BCUT2D eigenvalue weighted by Crippen LogP contribution is -2.37. The van der Waals surface area contributed by atoms with E-state index in [1.807, 2.05) is 0 Å². The van der Waals surface area contributed by atoms with E-state index in [1.54, 1.807) is 4.90 Å². The summed E-state index contributed by atoms with van der Waals surface area (Å²) >= 11 is 0. The molecular weight excluding hydrogens is 248 g/mol. The van der Waals surface area contributed by atoms with Gasteiger partial charge in [0.05, 0.1) is 30.9 Å². The van der Waals surface area contributed by atoms with Crippen LogP contribution >= 0.6 is 0 Å². The number of carbonyl (C=O) groups is 2. The van der Waals surface area contributed by atoms with Crippen molar-refractivity contribution in [3.63, 3.8) is 0 Å². The minimum Gasteiger partial charge on any atom is -0.504 e. The van der Waals surface area contributed by atoms with Crippen LogP contribution in [0.1, 0.15) is 16.8 Å². The van der Waals surface area contributed by atoms with Crippen LogP contribution in [0, 0.1) is 0 Å². The van der Waals surface area contributed by atoms with E-state index >= 15 is 0 Å². The van der Waals surface area contributed by atoms with Crippen LogP contribution in [0.2, 0.25) is 0 Å². The zero-order valence-electron chi connectivity index (χ0n) is 10.5. The second-order valence-electron chi connectivity index (χ2n) is 4.78. The maximum atomic E-state index is 12.4. The van der Waals surface area contributed by atoms with Gasteiger partial charge in [0.15, 0.2) is 17.3 Å². The number of fused-ring (bicyclic) bond motifs is 2. The third-order valence-corrected chi connectivity index (χ3v) is 3.59. The minimum atomic E-state index is -0.200. The largest absolute Gasteiger partial charge is 0.504 e. The summed E-state index contributed by atoms with van der Waals surface area (Å²) in [5.41, 5.74) is 0.997. The van der Waals surface area contributed by atoms with Gasteiger partial charge in [-0.1, -0.05) is 0 Å². The molecule has 0 spiro atoms. The first-order valence-electron chi connectivity index (χ1n) is 6.07. The van der Waals surface area contributed by atoms with Gasteiger partial charge >= 0.3 is 0 Å². The summed E-state index contributed by atoms with van der Waals surface area (Å²) in [5.74, 6) is 0.112. The van der Waals surface area contributed by atoms with E-state index in [4.69, 9.17) is 4.74 Å². The molecule has 6 nitrogen and oxygen atoms in total. The zero-order chi connectivity index (χ0) is 13.6. The number of nitrogens with one attached hydrogen (secondary N) is 1. The second-order valence-corrected chi connectivity index (χ2v) is 4.78. The summed E-state index contributed by atoms with van der Waals surface area (Å²) in [6.07, 6.45) is 0.385. The average Bonchev–Trinajstić information content (AvgIpc) is 2.71. The van der Waals surface area contributed by atoms with Crippen molar-refractivity contribution in [2.45, 2.75) is 12.5 Å². The summed E-state index contributed by atoms with van der Waals surface area (Å²) in [4.78, 5) is 25.5. The molecule has 100 valence electrons. The Kier molecular flexibility index (Phi) is 2.58. The number of hydrogen-bond donors (Lipinski definition) is 2. The van der Waals surface area contributed by atoms with Gasteiger partial charge in [0.1, 0.15) is 0 Å². The number of anilines is 1. The molecule has 1 fully saturated rings. The van der Waals surface area contributed by atoms with E-state index < -0.39 is 0 Å². The Balaban J connectivity index is 2.06. The van der Waals surface area contributed by atoms with E-state index in [9.17, 15) is 14.7 Å². The lowest BCUT2D eigenvalue weighted by atomic mass is 10.1. The number of carbonyl (C=O) groups excluding carboxylic acids is 2. The number of Topliss-reactive ketones (excluding diaryl/α,β-unsaturated/α-hetero) is 1. The molecule has 2 heterocycles. The Morgan fingerprint density at radius 1 is 1.42 bits per heavy atom. The molecule has 2 aliphatic heterocycles. The monoisotopic (exact) mass is 262 g/mol. The highest BCUT2D eigenvalue weighted by atomic mass is 16.5. The molecule has 2 N–H and O–H groups in total. The molecule has 1 saturated heterocycles. The Labute approximate surface area is 110 Å². The fraction of sp³-hybridized carbons (Fsp3) is 0.385. The first kappa shape index (κ1) is 11.8. The van der Waals surface area contributed by atoms with E-state index in [1.165, 1.54) is 19.2 Å². The predicted octanol–water partition coefficient (Wildman–Crippen LogP) is 0.610. The fourth-order valence-corrected chi connectivity index (χ4v) is 2.61. The van der Waals surface area contributed by atoms with E-state index in [2.05, 4.69) is 5.32 Å². The normalized spacial score (nSPS) is 21.5. The van der Waals surface area contributed by atoms with Crippen molar-refractivity contribution in [1.82, 2.24) is 4.90 Å². The molecule has 1 atom stereocenters. The zero-order valence-corrected chi connectivity index (χ0v) is 10.5. The number of ether oxygens (including phenoxy) is 1. The molecule has 0 bridgehead atoms. The summed E-state index contributed by atoms with van der Waals surface area (Å²) in [6, 6.07) is 2.88. The van der Waals surface area contributed by atoms with E-state index in [-0.39, 0.29) is 35.8 Å². The third-order valence-electron chi connectivity index (χ3n) is 3.59. The smallest absolute Gasteiger partial charge is 0.256 e. The molecule has 1 aromatic rings. The van der Waals surface area contributed by atoms with Crippen molar-refractivity contribution >= 4 is 17.4 Å². The Hall–Kier alpha value is -2.24. The number of methoxy groups -OCH3 is 1. The molecule has 1 unspecified atom stereocenters. The number of benzene rings is 1. The quantitative estimate of drug-likeness (QED) is 0.775. The van der Waals surface area contributed by atoms with Crippen LogP contribution in [0.5, 0.6) is 11.5 Å². The molecule has 1 aromatic carbocycles. The lowest BCUT2D eigenvalue weighted by molar-refractivity contribution is -0.116. The summed E-state index contributed by atoms with van der Waals surface area (Å²) < 4.78 is 5.02. The standard InChI is InChI=1S/C13H14N2O4/c1-19-12-3-9-10(4-11(12)17)14-5-7-2-8(16)6-15(7)13(9)18/h3-4,7,14,17H,2,5-6H2,1H3. The molecular formula is C13H14N2O4. The van der Waals surface area contributed by atoms with Gasteiger partial charge in [0, 0.05) is 19.0 Å². The topological polar surface area (TPSA) is 78.9 Å². The predicted molar refractivity (Wildman–Crippen MR) is 67.6 cm³/mol. The Bertz CT molecular complexity index is 570. The van der Waals surface area contributed by atoms with Crippen molar-refractivity contribution in [1.29, 1.82) is 0 Å². The number of phenolic OH excluding ortho intramolecular Hbond substituents is 1. The van der Waals surface area contributed by atoms with Gasteiger partial charge in [0.25, 0.3) is 5.91 Å². The number of ketones is 1. The molecule has 0 radical (unpaired) electrons. The van der Waals surface area contributed by atoms with Gasteiger partial charge in [-0.05, 0) is 6.07 Å². The Morgan fingerprint density at radius 3 is 2.95 bits per heavy atom. The van der Waals surface area contributed by atoms with Crippen LogP contribution in [0.4, 0.5) is 5.69 Å². The molecule has 0 aromatic heterocycles. The highest BCUT2D eigenvalue weighted by Crippen LogP contribution is 2.35. The van der Waals surface area contributed by atoms with Crippen molar-refractivity contribution in [2.75, 3.05) is 25.5 Å². The maximum Gasteiger partial charge on any atom is 0.256 e. The molecule has 19 heavy (non-hydrogen) atoms. The highest BCUT2D eigenvalue weighted by Gasteiger charge is 2.37. The second kappa shape index (κ2) is 4.15. The van der Waals surface area contributed by atoms with Gasteiger partial charge in [-0.3, -0.25) is 9.59 Å². The first-order chi connectivity index (χ1) is 9.10. The number of aromatic hydroxyl groups is 1. The molecule has 6 heteroatoms. The number of rotatable bonds is 1. The summed E-state index contributed by atoms with van der Waals surface area (Å²) in [6.45, 7) is 0.671. The molecule has 0 saturated carbocycles. The van der Waals surface area contributed by atoms with Crippen molar-refractivity contribution in [2.24, 2.45) is 0 Å². The van der Waals surface area contributed by atoms with Crippen LogP contribution < -0.4 is 10.1 Å². The van der Waals surface area contributed by atoms with Crippen LogP contribution in [0.15, 0.2) is 12.1 Å². The lowest BCUT2D eigenvalue weighted by Gasteiger charge is -2.20. The molecule has 0 aliphatic carbocycles. The van der Waals surface area contributed by atoms with Gasteiger partial charge in [-0.25, -0.2) is 0 Å². The molecule has 3 rings (SSSR count). The molecule has 2 aliphatic rings. The van der Waals surface area contributed by atoms with Gasteiger partial charge < -0.3 is 20.1 Å². The van der Waals surface area contributed by atoms with Crippen molar-refractivity contribution in [3.8, 4) is 11.5 Å². The van der Waals surface area contributed by atoms with Crippen LogP contribution in [-0.2, 0) is 4.79 Å². The highest BCUT2D eigenvalue weighted by molar-refractivity contribution is 6.04. The van der Waals surface area contributed by atoms with Gasteiger partial charge in [0.2, 0.25) is 0 Å². The van der Waals surface area contributed by atoms with Crippen LogP contribution in [-0.4, -0.2) is 47.9 Å². The number of phenols is 1. The van der Waals surface area contributed by atoms with Crippen molar-refractivity contribution < 1.29 is 19.4 Å². The molecule has 1 amide bonds. The van der Waals surface area contributed by atoms with Crippen LogP contribution in [0.3, 0.4) is 0 Å². The SMILES string of the molecule is COc1cc2c(cc1O)NCC1CC(=O)CN1C2=O. The third kappa shape index (κ3) is 1.80. The van der Waals surface area contributed by atoms with Crippen molar-refractivity contribution in [3.05, 3.63) is 17.7 Å². The average molecular weight is 262 g/mol. The summed E-state index contributed by atoms with van der Waals surface area (Å²) in [5, 5.41) is 12.9.